The van der Waals surface area contributed by atoms with E-state index in [0.29, 0.717) is 37.6 Å². The summed E-state index contributed by atoms with van der Waals surface area (Å²) in [5.74, 6) is 1.14. The Morgan fingerprint density at radius 3 is 2.58 bits per heavy atom. The van der Waals surface area contributed by atoms with Crippen LogP contribution in [0.4, 0.5) is 4.79 Å². The van der Waals surface area contributed by atoms with Crippen molar-refractivity contribution in [2.75, 3.05) is 39.3 Å². The number of hydrogen-bond donors (Lipinski definition) is 2. The van der Waals surface area contributed by atoms with Crippen molar-refractivity contribution >= 4 is 36.0 Å². The number of hydrogen-bond acceptors (Lipinski definition) is 4. The lowest BCUT2D eigenvalue weighted by Gasteiger charge is -2.35. The first-order chi connectivity index (χ1) is 12.0. The number of rotatable bonds is 5. The van der Waals surface area contributed by atoms with Gasteiger partial charge >= 0.3 is 6.09 Å². The Hall–Kier alpha value is -0.770. The summed E-state index contributed by atoms with van der Waals surface area (Å²) in [6.45, 7) is 11.3. The van der Waals surface area contributed by atoms with Crippen LogP contribution in [0, 0.1) is 5.92 Å². The minimum atomic E-state index is -0.213. The summed E-state index contributed by atoms with van der Waals surface area (Å²) in [5.41, 5.74) is 6.08. The molecule has 0 aromatic heterocycles. The third-order valence-corrected chi connectivity index (χ3v) is 5.17. The van der Waals surface area contributed by atoms with Crippen molar-refractivity contribution in [1.29, 1.82) is 0 Å². The van der Waals surface area contributed by atoms with Crippen molar-refractivity contribution in [3.8, 4) is 0 Å². The van der Waals surface area contributed by atoms with E-state index in [1.54, 1.807) is 4.90 Å². The van der Waals surface area contributed by atoms with E-state index in [1.165, 1.54) is 19.4 Å². The second kappa shape index (κ2) is 11.8. The van der Waals surface area contributed by atoms with E-state index < -0.39 is 0 Å². The zero-order valence-corrected chi connectivity index (χ0v) is 18.8. The summed E-state index contributed by atoms with van der Waals surface area (Å²) in [5, 5.41) is 3.32. The Morgan fingerprint density at radius 1 is 1.27 bits per heavy atom. The molecular formula is C18H36IN5O2. The monoisotopic (exact) mass is 481 g/mol. The first kappa shape index (κ1) is 23.3. The summed E-state index contributed by atoms with van der Waals surface area (Å²) in [6, 6.07) is 0.889. The van der Waals surface area contributed by atoms with Gasteiger partial charge in [0.1, 0.15) is 0 Å². The van der Waals surface area contributed by atoms with Crippen molar-refractivity contribution in [1.82, 2.24) is 15.1 Å². The summed E-state index contributed by atoms with van der Waals surface area (Å²) >= 11 is 0. The van der Waals surface area contributed by atoms with Gasteiger partial charge in [0.25, 0.3) is 0 Å². The number of likely N-dealkylation sites (tertiary alicyclic amines) is 2. The summed E-state index contributed by atoms with van der Waals surface area (Å²) in [6.07, 6.45) is 4.02. The Morgan fingerprint density at radius 2 is 1.96 bits per heavy atom. The Balaban J connectivity index is 0.00000338. The number of amides is 1. The topological polar surface area (TPSA) is 83.2 Å². The fraction of sp³-hybridized carbons (Fsp3) is 0.889. The molecule has 0 saturated carbocycles. The van der Waals surface area contributed by atoms with Crippen LogP contribution in [-0.4, -0.2) is 73.3 Å². The second-order valence-corrected chi connectivity index (χ2v) is 7.43. The van der Waals surface area contributed by atoms with E-state index in [2.05, 4.69) is 29.1 Å². The molecule has 2 aliphatic heterocycles. The average molecular weight is 481 g/mol. The van der Waals surface area contributed by atoms with E-state index in [0.717, 1.165) is 25.9 Å². The van der Waals surface area contributed by atoms with Crippen LogP contribution in [0.25, 0.3) is 0 Å². The molecule has 26 heavy (non-hydrogen) atoms. The minimum Gasteiger partial charge on any atom is -0.450 e. The molecule has 2 fully saturated rings. The smallest absolute Gasteiger partial charge is 0.409 e. The average Bonchev–Trinajstić information content (AvgIpc) is 2.61. The quantitative estimate of drug-likeness (QED) is 0.358. The van der Waals surface area contributed by atoms with Crippen molar-refractivity contribution in [2.45, 2.75) is 58.5 Å². The number of carbonyl (C=O) groups excluding carboxylic acids is 1. The molecule has 1 atom stereocenters. The lowest BCUT2D eigenvalue weighted by molar-refractivity contribution is 0.0963. The van der Waals surface area contributed by atoms with E-state index in [1.807, 2.05) is 6.92 Å². The highest BCUT2D eigenvalue weighted by atomic mass is 127. The molecule has 2 heterocycles. The highest BCUT2D eigenvalue weighted by molar-refractivity contribution is 14.0. The van der Waals surface area contributed by atoms with Gasteiger partial charge in [0.2, 0.25) is 0 Å². The molecule has 0 aromatic carbocycles. The first-order valence-corrected chi connectivity index (χ1v) is 9.71. The van der Waals surface area contributed by atoms with Crippen LogP contribution in [0.2, 0.25) is 0 Å². The third-order valence-electron chi connectivity index (χ3n) is 5.17. The van der Waals surface area contributed by atoms with Crippen LogP contribution in [0.15, 0.2) is 4.99 Å². The molecule has 0 bridgehead atoms. The SMILES string of the molecule is CCOC(=O)N1CCC(NC(N)=NCC2CCCN(C(C)C)C2)CC1.I. The molecule has 0 aromatic rings. The Labute approximate surface area is 175 Å². The van der Waals surface area contributed by atoms with Crippen molar-refractivity contribution in [2.24, 2.45) is 16.6 Å². The van der Waals surface area contributed by atoms with Crippen molar-refractivity contribution in [3.63, 3.8) is 0 Å². The first-order valence-electron chi connectivity index (χ1n) is 9.71. The molecule has 8 heteroatoms. The molecular weight excluding hydrogens is 445 g/mol. The number of nitrogens with two attached hydrogens (primary N) is 1. The van der Waals surface area contributed by atoms with Gasteiger partial charge in [-0.15, -0.1) is 24.0 Å². The Bertz CT molecular complexity index is 453. The van der Waals surface area contributed by atoms with Crippen LogP contribution in [0.1, 0.15) is 46.5 Å². The Kier molecular flexibility index (Phi) is 10.6. The van der Waals surface area contributed by atoms with Gasteiger partial charge in [-0.25, -0.2) is 4.79 Å². The fourth-order valence-corrected chi connectivity index (χ4v) is 3.62. The molecule has 0 aliphatic carbocycles. The van der Waals surface area contributed by atoms with Gasteiger partial charge in [-0.1, -0.05) is 0 Å². The number of ether oxygens (including phenoxy) is 1. The van der Waals surface area contributed by atoms with Crippen LogP contribution < -0.4 is 11.1 Å². The van der Waals surface area contributed by atoms with Crippen LogP contribution in [-0.2, 0) is 4.74 Å². The van der Waals surface area contributed by atoms with Crippen LogP contribution in [0.5, 0.6) is 0 Å². The zero-order valence-electron chi connectivity index (χ0n) is 16.4. The molecule has 7 nitrogen and oxygen atoms in total. The highest BCUT2D eigenvalue weighted by Crippen LogP contribution is 2.18. The fourth-order valence-electron chi connectivity index (χ4n) is 3.62. The maximum atomic E-state index is 11.7. The van der Waals surface area contributed by atoms with Gasteiger partial charge < -0.3 is 25.6 Å². The van der Waals surface area contributed by atoms with Crippen LogP contribution in [0.3, 0.4) is 0 Å². The second-order valence-electron chi connectivity index (χ2n) is 7.43. The predicted molar refractivity (Wildman–Crippen MR) is 116 cm³/mol. The van der Waals surface area contributed by atoms with Crippen LogP contribution >= 0.6 is 24.0 Å². The number of halogens is 1. The maximum absolute atomic E-state index is 11.7. The van der Waals surface area contributed by atoms with E-state index in [4.69, 9.17) is 10.5 Å². The van der Waals surface area contributed by atoms with Gasteiger partial charge in [0, 0.05) is 38.3 Å². The number of aliphatic imine (C=N–C) groups is 1. The molecule has 0 radical (unpaired) electrons. The van der Waals surface area contributed by atoms with Gasteiger partial charge in [-0.3, -0.25) is 4.99 Å². The lowest BCUT2D eigenvalue weighted by atomic mass is 9.97. The predicted octanol–water partition coefficient (Wildman–Crippen LogP) is 2.25. The number of nitrogens with one attached hydrogen (secondary N) is 1. The molecule has 1 unspecified atom stereocenters. The molecule has 2 rings (SSSR count). The molecule has 3 N–H and O–H groups in total. The normalized spacial score (nSPS) is 22.8. The molecule has 1 amide bonds. The van der Waals surface area contributed by atoms with Gasteiger partial charge in [-0.05, 0) is 58.9 Å². The molecule has 2 aliphatic rings. The number of carbonyl (C=O) groups is 1. The number of guanidine groups is 1. The van der Waals surface area contributed by atoms with E-state index in [-0.39, 0.29) is 36.1 Å². The van der Waals surface area contributed by atoms with E-state index in [9.17, 15) is 4.79 Å². The molecule has 152 valence electrons. The number of piperidine rings is 2. The highest BCUT2D eigenvalue weighted by Gasteiger charge is 2.24. The summed E-state index contributed by atoms with van der Waals surface area (Å²) < 4.78 is 5.04. The zero-order chi connectivity index (χ0) is 18.2. The molecule has 0 spiro atoms. The van der Waals surface area contributed by atoms with Crippen molar-refractivity contribution < 1.29 is 9.53 Å². The lowest BCUT2D eigenvalue weighted by Crippen LogP contribution is -2.48. The minimum absolute atomic E-state index is 0. The van der Waals surface area contributed by atoms with Crippen molar-refractivity contribution in [3.05, 3.63) is 0 Å². The van der Waals surface area contributed by atoms with Gasteiger partial charge in [-0.2, -0.15) is 0 Å². The van der Waals surface area contributed by atoms with Gasteiger partial charge in [0.05, 0.1) is 6.61 Å². The van der Waals surface area contributed by atoms with Gasteiger partial charge in [0.15, 0.2) is 5.96 Å². The summed E-state index contributed by atoms with van der Waals surface area (Å²) in [7, 11) is 0. The van der Waals surface area contributed by atoms with E-state index >= 15 is 0 Å². The standard InChI is InChI=1S/C18H35N5O2.HI/c1-4-25-18(24)22-10-7-16(8-11-22)21-17(19)20-12-15-6-5-9-23(13-15)14(2)3;/h14-16H,4-13H2,1-3H3,(H3,19,20,21);1H. The maximum Gasteiger partial charge on any atom is 0.409 e. The number of nitrogens with zero attached hydrogens (tertiary/aromatic N) is 3. The molecule has 2 saturated heterocycles. The largest absolute Gasteiger partial charge is 0.450 e. The summed E-state index contributed by atoms with van der Waals surface area (Å²) in [4.78, 5) is 20.6. The third kappa shape index (κ3) is 7.46.